The van der Waals surface area contributed by atoms with E-state index in [0.29, 0.717) is 11.0 Å². The van der Waals surface area contributed by atoms with E-state index in [2.05, 4.69) is 45.0 Å². The summed E-state index contributed by atoms with van der Waals surface area (Å²) < 4.78 is 7.24. The number of benzene rings is 4. The molecule has 194 valence electrons. The van der Waals surface area contributed by atoms with E-state index >= 15 is 0 Å². The molecular weight excluding hydrogens is 506 g/mol. The van der Waals surface area contributed by atoms with Gasteiger partial charge in [0.1, 0.15) is 5.75 Å². The van der Waals surface area contributed by atoms with Gasteiger partial charge in [0.25, 0.3) is 5.91 Å². The summed E-state index contributed by atoms with van der Waals surface area (Å²) in [7, 11) is 1.63. The first kappa shape index (κ1) is 25.9. The normalized spacial score (nSPS) is 11.3. The van der Waals surface area contributed by atoms with E-state index < -0.39 is 0 Å². The number of thioether (sulfide) groups is 1. The van der Waals surface area contributed by atoms with Crippen LogP contribution < -0.4 is 10.2 Å². The predicted octanol–water partition coefficient (Wildman–Crippen LogP) is 6.24. The van der Waals surface area contributed by atoms with Crippen LogP contribution in [-0.4, -0.2) is 39.2 Å². The molecule has 0 unspecified atom stereocenters. The van der Waals surface area contributed by atoms with Crippen LogP contribution >= 0.6 is 11.8 Å². The molecule has 0 bridgehead atoms. The van der Waals surface area contributed by atoms with Gasteiger partial charge in [-0.1, -0.05) is 96.7 Å². The Kier molecular flexibility index (Phi) is 8.14. The highest BCUT2D eigenvalue weighted by atomic mass is 32.2. The monoisotopic (exact) mass is 533 g/mol. The third-order valence-electron chi connectivity index (χ3n) is 6.09. The molecule has 7 nitrogen and oxygen atoms in total. The number of hydrogen-bond donors (Lipinski definition) is 1. The molecule has 1 aromatic heterocycles. The SMILES string of the molecule is COc1ccc(-n2c(SCC(=O)N/N=C(\C)c3ccc(-c4ccccc4)cc3)nnc2-c2ccccc2)cc1. The molecule has 1 N–H and O–H groups in total. The van der Waals surface area contributed by atoms with E-state index in [1.807, 2.05) is 96.4 Å². The second-order valence-corrected chi connectivity index (χ2v) is 9.61. The topological polar surface area (TPSA) is 81.4 Å². The van der Waals surface area contributed by atoms with E-state index in [1.165, 1.54) is 11.8 Å². The summed E-state index contributed by atoms with van der Waals surface area (Å²) >= 11 is 1.30. The van der Waals surface area contributed by atoms with Crippen molar-refractivity contribution in [2.24, 2.45) is 5.10 Å². The number of carbonyl (C=O) groups excluding carboxylic acids is 1. The Bertz CT molecular complexity index is 1570. The van der Waals surface area contributed by atoms with Crippen molar-refractivity contribution in [1.29, 1.82) is 0 Å². The minimum absolute atomic E-state index is 0.132. The molecule has 4 aromatic carbocycles. The Morgan fingerprint density at radius 1 is 0.821 bits per heavy atom. The molecule has 0 saturated carbocycles. The number of aromatic nitrogens is 3. The highest BCUT2D eigenvalue weighted by Crippen LogP contribution is 2.29. The first-order valence-electron chi connectivity index (χ1n) is 12.4. The van der Waals surface area contributed by atoms with Crippen molar-refractivity contribution in [2.75, 3.05) is 12.9 Å². The van der Waals surface area contributed by atoms with Gasteiger partial charge in [0.05, 0.1) is 18.6 Å². The highest BCUT2D eigenvalue weighted by molar-refractivity contribution is 7.99. The van der Waals surface area contributed by atoms with Crippen LogP contribution in [0.4, 0.5) is 0 Å². The average molecular weight is 534 g/mol. The fourth-order valence-electron chi connectivity index (χ4n) is 4.01. The molecular formula is C31H27N5O2S. The van der Waals surface area contributed by atoms with Crippen LogP contribution in [0, 0.1) is 0 Å². The number of nitrogens with zero attached hydrogens (tertiary/aromatic N) is 4. The van der Waals surface area contributed by atoms with Crippen LogP contribution in [0.1, 0.15) is 12.5 Å². The molecule has 0 atom stereocenters. The molecule has 0 aliphatic rings. The zero-order valence-corrected chi connectivity index (χ0v) is 22.4. The number of methoxy groups -OCH3 is 1. The van der Waals surface area contributed by atoms with Gasteiger partial charge in [-0.05, 0) is 47.9 Å². The molecule has 0 saturated heterocycles. The summed E-state index contributed by atoms with van der Waals surface area (Å²) in [6.45, 7) is 1.87. The largest absolute Gasteiger partial charge is 0.497 e. The van der Waals surface area contributed by atoms with Crippen LogP contribution in [0.15, 0.2) is 119 Å². The lowest BCUT2D eigenvalue weighted by Crippen LogP contribution is -2.21. The molecule has 1 heterocycles. The Labute approximate surface area is 231 Å². The van der Waals surface area contributed by atoms with Crippen LogP contribution in [0.2, 0.25) is 0 Å². The number of hydrogen-bond acceptors (Lipinski definition) is 6. The molecule has 0 fully saturated rings. The van der Waals surface area contributed by atoms with Crippen LogP contribution in [0.3, 0.4) is 0 Å². The van der Waals surface area contributed by atoms with Crippen LogP contribution in [-0.2, 0) is 4.79 Å². The van der Waals surface area contributed by atoms with Crippen molar-refractivity contribution in [3.63, 3.8) is 0 Å². The molecule has 5 rings (SSSR count). The lowest BCUT2D eigenvalue weighted by atomic mass is 10.0. The Balaban J connectivity index is 1.28. The van der Waals surface area contributed by atoms with Gasteiger partial charge in [0.15, 0.2) is 11.0 Å². The quantitative estimate of drug-likeness (QED) is 0.138. The minimum Gasteiger partial charge on any atom is -0.497 e. The summed E-state index contributed by atoms with van der Waals surface area (Å²) in [6, 6.07) is 35.8. The first-order valence-corrected chi connectivity index (χ1v) is 13.4. The summed E-state index contributed by atoms with van der Waals surface area (Å²) in [5.74, 6) is 1.35. The Hall–Kier alpha value is -4.69. The number of rotatable bonds is 9. The van der Waals surface area contributed by atoms with Crippen molar-refractivity contribution in [3.8, 4) is 34.0 Å². The maximum Gasteiger partial charge on any atom is 0.250 e. The lowest BCUT2D eigenvalue weighted by molar-refractivity contribution is -0.118. The summed E-state index contributed by atoms with van der Waals surface area (Å²) in [4.78, 5) is 12.7. The van der Waals surface area contributed by atoms with Crippen molar-refractivity contribution in [3.05, 3.63) is 115 Å². The van der Waals surface area contributed by atoms with E-state index in [1.54, 1.807) is 7.11 Å². The van der Waals surface area contributed by atoms with E-state index in [-0.39, 0.29) is 11.7 Å². The fraction of sp³-hybridized carbons (Fsp3) is 0.0968. The summed E-state index contributed by atoms with van der Waals surface area (Å²) in [5.41, 5.74) is 8.41. The summed E-state index contributed by atoms with van der Waals surface area (Å²) in [5, 5.41) is 13.7. The zero-order chi connectivity index (χ0) is 27.0. The second-order valence-electron chi connectivity index (χ2n) is 8.67. The van der Waals surface area contributed by atoms with E-state index in [0.717, 1.165) is 39.4 Å². The third-order valence-corrected chi connectivity index (χ3v) is 7.02. The highest BCUT2D eigenvalue weighted by Gasteiger charge is 2.17. The maximum atomic E-state index is 12.7. The van der Waals surface area contributed by atoms with Crippen molar-refractivity contribution < 1.29 is 9.53 Å². The third kappa shape index (κ3) is 6.25. The van der Waals surface area contributed by atoms with Gasteiger partial charge >= 0.3 is 0 Å². The van der Waals surface area contributed by atoms with E-state index in [4.69, 9.17) is 4.74 Å². The summed E-state index contributed by atoms with van der Waals surface area (Å²) in [6.07, 6.45) is 0. The van der Waals surface area contributed by atoms with Gasteiger partial charge in [0.2, 0.25) is 0 Å². The van der Waals surface area contributed by atoms with Gasteiger partial charge in [0, 0.05) is 11.3 Å². The lowest BCUT2D eigenvalue weighted by Gasteiger charge is -2.11. The molecule has 0 radical (unpaired) electrons. The number of amides is 1. The molecule has 1 amide bonds. The van der Waals surface area contributed by atoms with Crippen LogP contribution in [0.5, 0.6) is 5.75 Å². The number of ether oxygens (including phenoxy) is 1. The number of carbonyl (C=O) groups is 1. The van der Waals surface area contributed by atoms with Gasteiger partial charge < -0.3 is 4.74 Å². The fourth-order valence-corrected chi connectivity index (χ4v) is 4.75. The van der Waals surface area contributed by atoms with Crippen LogP contribution in [0.25, 0.3) is 28.2 Å². The first-order chi connectivity index (χ1) is 19.1. The molecule has 5 aromatic rings. The smallest absolute Gasteiger partial charge is 0.250 e. The standard InChI is InChI=1S/C31H27N5O2S/c1-22(23-13-15-25(16-14-23)24-9-5-3-6-10-24)32-33-29(37)21-39-31-35-34-30(26-11-7-4-8-12-26)36(31)27-17-19-28(38-2)20-18-27/h3-20H,21H2,1-2H3,(H,33,37)/b32-22+. The molecule has 39 heavy (non-hydrogen) atoms. The molecule has 0 aliphatic heterocycles. The Morgan fingerprint density at radius 3 is 2.08 bits per heavy atom. The van der Waals surface area contributed by atoms with E-state index in [9.17, 15) is 4.79 Å². The van der Waals surface area contributed by atoms with Crippen molar-refractivity contribution in [1.82, 2.24) is 20.2 Å². The minimum atomic E-state index is -0.231. The average Bonchev–Trinajstić information content (AvgIpc) is 3.44. The Morgan fingerprint density at radius 2 is 1.44 bits per heavy atom. The van der Waals surface area contributed by atoms with Gasteiger partial charge in [-0.2, -0.15) is 5.10 Å². The zero-order valence-electron chi connectivity index (χ0n) is 21.6. The number of hydrazone groups is 1. The molecule has 0 aliphatic carbocycles. The van der Waals surface area contributed by atoms with Gasteiger partial charge in [-0.25, -0.2) is 5.43 Å². The molecule has 0 spiro atoms. The number of nitrogens with one attached hydrogen (secondary N) is 1. The molecule has 8 heteroatoms. The van der Waals surface area contributed by atoms with Gasteiger partial charge in [-0.15, -0.1) is 10.2 Å². The maximum absolute atomic E-state index is 12.7. The van der Waals surface area contributed by atoms with Gasteiger partial charge in [-0.3, -0.25) is 9.36 Å². The predicted molar refractivity (Wildman–Crippen MR) is 156 cm³/mol. The van der Waals surface area contributed by atoms with Crippen molar-refractivity contribution in [2.45, 2.75) is 12.1 Å². The van der Waals surface area contributed by atoms with Crippen molar-refractivity contribution >= 4 is 23.4 Å². The second kappa shape index (κ2) is 12.2.